The summed E-state index contributed by atoms with van der Waals surface area (Å²) in [7, 11) is 1.92. The van der Waals surface area contributed by atoms with E-state index >= 15 is 0 Å². The molecule has 2 aromatic rings. The Kier molecular flexibility index (Phi) is 5.53. The molecule has 0 bridgehead atoms. The molecule has 0 radical (unpaired) electrons. The molecule has 5 heteroatoms. The molecule has 1 aromatic carbocycles. The van der Waals surface area contributed by atoms with Gasteiger partial charge in [0, 0.05) is 13.7 Å². The number of hydrogen-bond donors (Lipinski definition) is 1. The SMILES string of the molecule is CCc1nn(C)c(CC(CO)Cc2ccc(F)cc2)c1Br. The molecule has 1 heterocycles. The fourth-order valence-corrected chi connectivity index (χ4v) is 3.25. The second-order valence-corrected chi connectivity index (χ2v) is 6.06. The number of rotatable bonds is 6. The van der Waals surface area contributed by atoms with Gasteiger partial charge in [0.25, 0.3) is 0 Å². The summed E-state index contributed by atoms with van der Waals surface area (Å²) in [4.78, 5) is 0. The topological polar surface area (TPSA) is 38.0 Å². The molecule has 0 fully saturated rings. The van der Waals surface area contributed by atoms with E-state index in [2.05, 4.69) is 28.0 Å². The maximum atomic E-state index is 12.9. The van der Waals surface area contributed by atoms with Gasteiger partial charge in [-0.2, -0.15) is 5.10 Å². The number of halogens is 2. The number of aromatic nitrogens is 2. The van der Waals surface area contributed by atoms with Gasteiger partial charge in [0.2, 0.25) is 0 Å². The number of benzene rings is 1. The Morgan fingerprint density at radius 1 is 1.29 bits per heavy atom. The molecule has 0 aliphatic heterocycles. The van der Waals surface area contributed by atoms with Crippen molar-refractivity contribution in [2.24, 2.45) is 13.0 Å². The van der Waals surface area contributed by atoms with E-state index in [1.54, 1.807) is 12.1 Å². The Balaban J connectivity index is 2.12. The summed E-state index contributed by atoms with van der Waals surface area (Å²) in [6.45, 7) is 2.16. The van der Waals surface area contributed by atoms with Crippen LogP contribution < -0.4 is 0 Å². The lowest BCUT2D eigenvalue weighted by Gasteiger charge is -2.15. The van der Waals surface area contributed by atoms with E-state index in [4.69, 9.17) is 0 Å². The Morgan fingerprint density at radius 3 is 2.48 bits per heavy atom. The van der Waals surface area contributed by atoms with Gasteiger partial charge in [0.05, 0.1) is 15.9 Å². The fraction of sp³-hybridized carbons (Fsp3) is 0.438. The molecule has 1 N–H and O–H groups in total. The molecule has 0 spiro atoms. The first-order valence-electron chi connectivity index (χ1n) is 7.10. The monoisotopic (exact) mass is 354 g/mol. The van der Waals surface area contributed by atoms with Gasteiger partial charge in [0.1, 0.15) is 5.82 Å². The van der Waals surface area contributed by atoms with Crippen molar-refractivity contribution < 1.29 is 9.50 Å². The zero-order valence-electron chi connectivity index (χ0n) is 12.3. The Bertz CT molecular complexity index is 595. The molecular formula is C16H20BrFN2O. The predicted octanol–water partition coefficient (Wildman–Crippen LogP) is 3.28. The van der Waals surface area contributed by atoms with E-state index in [-0.39, 0.29) is 18.3 Å². The molecule has 0 aliphatic rings. The van der Waals surface area contributed by atoms with Crippen LogP contribution in [0.1, 0.15) is 23.9 Å². The molecule has 21 heavy (non-hydrogen) atoms. The van der Waals surface area contributed by atoms with E-state index in [1.165, 1.54) is 12.1 Å². The highest BCUT2D eigenvalue weighted by atomic mass is 79.9. The molecule has 0 saturated carbocycles. The summed E-state index contributed by atoms with van der Waals surface area (Å²) in [5.74, 6) is -0.145. The van der Waals surface area contributed by atoms with Gasteiger partial charge in [-0.25, -0.2) is 4.39 Å². The van der Waals surface area contributed by atoms with Crippen LogP contribution in [0.3, 0.4) is 0 Å². The van der Waals surface area contributed by atoms with Crippen LogP contribution >= 0.6 is 15.9 Å². The van der Waals surface area contributed by atoms with Crippen molar-refractivity contribution in [1.82, 2.24) is 9.78 Å². The highest BCUT2D eigenvalue weighted by Gasteiger charge is 2.17. The first kappa shape index (κ1) is 16.2. The normalized spacial score (nSPS) is 12.6. The molecular weight excluding hydrogens is 335 g/mol. The third-order valence-electron chi connectivity index (χ3n) is 3.68. The van der Waals surface area contributed by atoms with Gasteiger partial charge in [-0.3, -0.25) is 4.68 Å². The molecule has 0 aliphatic carbocycles. The molecule has 1 atom stereocenters. The third kappa shape index (κ3) is 3.92. The Morgan fingerprint density at radius 2 is 1.95 bits per heavy atom. The van der Waals surface area contributed by atoms with Crippen LogP contribution in [-0.2, 0) is 26.3 Å². The lowest BCUT2D eigenvalue weighted by atomic mass is 9.95. The van der Waals surface area contributed by atoms with Gasteiger partial charge in [-0.05, 0) is 58.8 Å². The minimum absolute atomic E-state index is 0.0897. The van der Waals surface area contributed by atoms with E-state index in [0.717, 1.165) is 40.7 Å². The molecule has 2 rings (SSSR count). The molecule has 0 amide bonds. The van der Waals surface area contributed by atoms with Gasteiger partial charge in [-0.1, -0.05) is 19.1 Å². The van der Waals surface area contributed by atoms with Crippen molar-refractivity contribution in [3.05, 3.63) is 51.5 Å². The number of hydrogen-bond acceptors (Lipinski definition) is 2. The molecule has 0 saturated heterocycles. The maximum absolute atomic E-state index is 12.9. The van der Waals surface area contributed by atoms with Crippen molar-refractivity contribution in [2.75, 3.05) is 6.61 Å². The lowest BCUT2D eigenvalue weighted by molar-refractivity contribution is 0.223. The third-order valence-corrected chi connectivity index (χ3v) is 4.60. The van der Waals surface area contributed by atoms with Crippen molar-refractivity contribution in [3.8, 4) is 0 Å². The molecule has 3 nitrogen and oxygen atoms in total. The van der Waals surface area contributed by atoms with Gasteiger partial charge in [-0.15, -0.1) is 0 Å². The smallest absolute Gasteiger partial charge is 0.123 e. The summed E-state index contributed by atoms with van der Waals surface area (Å²) < 4.78 is 15.8. The number of aliphatic hydroxyl groups excluding tert-OH is 1. The van der Waals surface area contributed by atoms with E-state index < -0.39 is 0 Å². The second-order valence-electron chi connectivity index (χ2n) is 5.27. The van der Waals surface area contributed by atoms with E-state index in [9.17, 15) is 9.50 Å². The Labute approximate surface area is 132 Å². The largest absolute Gasteiger partial charge is 0.396 e. The van der Waals surface area contributed by atoms with E-state index in [1.807, 2.05) is 11.7 Å². The highest BCUT2D eigenvalue weighted by molar-refractivity contribution is 9.10. The maximum Gasteiger partial charge on any atom is 0.123 e. The number of aryl methyl sites for hydroxylation is 2. The Hall–Kier alpha value is -1.20. The summed E-state index contributed by atoms with van der Waals surface area (Å²) in [6.07, 6.45) is 2.32. The van der Waals surface area contributed by atoms with Crippen LogP contribution in [0, 0.1) is 11.7 Å². The summed E-state index contributed by atoms with van der Waals surface area (Å²) in [5, 5.41) is 14.1. The second kappa shape index (κ2) is 7.18. The van der Waals surface area contributed by atoms with Crippen LogP contribution in [0.5, 0.6) is 0 Å². The standard InChI is InChI=1S/C16H20BrFN2O/c1-3-14-16(17)15(20(2)19-14)9-12(10-21)8-11-4-6-13(18)7-5-11/h4-7,12,21H,3,8-10H2,1-2H3. The summed E-state index contributed by atoms with van der Waals surface area (Å²) >= 11 is 3.60. The zero-order chi connectivity index (χ0) is 15.4. The van der Waals surface area contributed by atoms with Crippen molar-refractivity contribution in [3.63, 3.8) is 0 Å². The molecule has 114 valence electrons. The number of nitrogens with zero attached hydrogens (tertiary/aromatic N) is 2. The number of aliphatic hydroxyl groups is 1. The predicted molar refractivity (Wildman–Crippen MR) is 84.7 cm³/mol. The van der Waals surface area contributed by atoms with Crippen molar-refractivity contribution >= 4 is 15.9 Å². The summed E-state index contributed by atoms with van der Waals surface area (Å²) in [5.41, 5.74) is 3.16. The fourth-order valence-electron chi connectivity index (χ4n) is 2.47. The van der Waals surface area contributed by atoms with Gasteiger partial charge < -0.3 is 5.11 Å². The first-order valence-corrected chi connectivity index (χ1v) is 7.90. The average Bonchev–Trinajstić information content (AvgIpc) is 2.75. The highest BCUT2D eigenvalue weighted by Crippen LogP contribution is 2.25. The van der Waals surface area contributed by atoms with Crippen LogP contribution in [0.15, 0.2) is 28.7 Å². The van der Waals surface area contributed by atoms with Gasteiger partial charge >= 0.3 is 0 Å². The van der Waals surface area contributed by atoms with Crippen molar-refractivity contribution in [1.29, 1.82) is 0 Å². The molecule has 1 unspecified atom stereocenters. The van der Waals surface area contributed by atoms with E-state index in [0.29, 0.717) is 0 Å². The van der Waals surface area contributed by atoms with Crippen LogP contribution in [0.2, 0.25) is 0 Å². The quantitative estimate of drug-likeness (QED) is 0.864. The minimum Gasteiger partial charge on any atom is -0.396 e. The van der Waals surface area contributed by atoms with Crippen LogP contribution in [0.4, 0.5) is 4.39 Å². The first-order chi connectivity index (χ1) is 10.0. The lowest BCUT2D eigenvalue weighted by Crippen LogP contribution is -2.15. The minimum atomic E-state index is -0.235. The van der Waals surface area contributed by atoms with Crippen molar-refractivity contribution in [2.45, 2.75) is 26.2 Å². The van der Waals surface area contributed by atoms with Crippen LogP contribution in [-0.4, -0.2) is 21.5 Å². The summed E-state index contributed by atoms with van der Waals surface area (Å²) in [6, 6.07) is 6.46. The molecule has 1 aromatic heterocycles. The van der Waals surface area contributed by atoms with Crippen LogP contribution in [0.25, 0.3) is 0 Å². The van der Waals surface area contributed by atoms with Gasteiger partial charge in [0.15, 0.2) is 0 Å². The average molecular weight is 355 g/mol. The zero-order valence-corrected chi connectivity index (χ0v) is 13.9.